The Morgan fingerprint density at radius 3 is 2.73 bits per heavy atom. The summed E-state index contributed by atoms with van der Waals surface area (Å²) >= 11 is 0. The molecule has 6 heteroatoms. The fourth-order valence-electron chi connectivity index (χ4n) is 2.54. The van der Waals surface area contributed by atoms with Crippen molar-refractivity contribution in [2.75, 3.05) is 18.7 Å². The summed E-state index contributed by atoms with van der Waals surface area (Å²) in [5.74, 6) is 1.17. The van der Waals surface area contributed by atoms with E-state index < -0.39 is 5.91 Å². The van der Waals surface area contributed by atoms with E-state index in [0.29, 0.717) is 35.1 Å². The monoisotopic (exact) mass is 350 g/mol. The van der Waals surface area contributed by atoms with Crippen LogP contribution in [0.15, 0.2) is 42.0 Å². The van der Waals surface area contributed by atoms with Crippen molar-refractivity contribution in [2.24, 2.45) is 0 Å². The van der Waals surface area contributed by atoms with Crippen LogP contribution in [0.1, 0.15) is 18.1 Å². The van der Waals surface area contributed by atoms with Crippen LogP contribution in [0.4, 0.5) is 5.69 Å². The molecule has 0 atom stereocenters. The van der Waals surface area contributed by atoms with E-state index in [4.69, 9.17) is 14.2 Å². The van der Waals surface area contributed by atoms with Crippen LogP contribution < -0.4 is 19.5 Å². The number of hydrogen-bond acceptors (Lipinski definition) is 5. The number of amides is 1. The molecule has 0 aliphatic carbocycles. The van der Waals surface area contributed by atoms with Crippen LogP contribution in [0.2, 0.25) is 0 Å². The predicted octanol–water partition coefficient (Wildman–Crippen LogP) is 3.67. The standard InChI is InChI=1S/C20H18N2O4/c1-3-24-17-10-19-18(25-12-26-19)9-14(17)8-15(11-21)20(23)22-16-7-5-4-6-13(16)2/h4-10H,3,12H2,1-2H3,(H,22,23)/b15-8+. The summed E-state index contributed by atoms with van der Waals surface area (Å²) in [6.45, 7) is 4.31. The maximum atomic E-state index is 12.5. The van der Waals surface area contributed by atoms with Gasteiger partial charge in [0, 0.05) is 17.3 Å². The largest absolute Gasteiger partial charge is 0.493 e. The second kappa shape index (κ2) is 7.62. The smallest absolute Gasteiger partial charge is 0.266 e. The average molecular weight is 350 g/mol. The van der Waals surface area contributed by atoms with Gasteiger partial charge >= 0.3 is 0 Å². The zero-order valence-electron chi connectivity index (χ0n) is 14.5. The van der Waals surface area contributed by atoms with E-state index in [1.807, 2.05) is 38.1 Å². The normalized spacial score (nSPS) is 12.4. The first kappa shape index (κ1) is 17.4. The summed E-state index contributed by atoms with van der Waals surface area (Å²) in [6.07, 6.45) is 1.49. The van der Waals surface area contributed by atoms with Gasteiger partial charge in [-0.3, -0.25) is 4.79 Å². The van der Waals surface area contributed by atoms with Gasteiger partial charge in [0.2, 0.25) is 6.79 Å². The van der Waals surface area contributed by atoms with Gasteiger partial charge < -0.3 is 19.5 Å². The molecule has 3 rings (SSSR count). The number of benzene rings is 2. The van der Waals surface area contributed by atoms with Crippen molar-refractivity contribution in [3.8, 4) is 23.3 Å². The van der Waals surface area contributed by atoms with E-state index in [1.165, 1.54) is 6.08 Å². The maximum absolute atomic E-state index is 12.5. The SMILES string of the molecule is CCOc1cc2c(cc1/C=C(\C#N)C(=O)Nc1ccccc1C)OCO2. The van der Waals surface area contributed by atoms with E-state index in [-0.39, 0.29) is 12.4 Å². The summed E-state index contributed by atoms with van der Waals surface area (Å²) in [7, 11) is 0. The third-order valence-corrected chi connectivity index (χ3v) is 3.86. The molecule has 0 bridgehead atoms. The molecule has 0 unspecified atom stereocenters. The van der Waals surface area contributed by atoms with Crippen molar-refractivity contribution in [1.29, 1.82) is 5.26 Å². The van der Waals surface area contributed by atoms with Gasteiger partial charge in [-0.25, -0.2) is 0 Å². The Morgan fingerprint density at radius 1 is 1.31 bits per heavy atom. The van der Waals surface area contributed by atoms with Gasteiger partial charge in [0.1, 0.15) is 17.4 Å². The molecule has 26 heavy (non-hydrogen) atoms. The molecule has 1 heterocycles. The third-order valence-electron chi connectivity index (χ3n) is 3.86. The number of nitriles is 1. The highest BCUT2D eigenvalue weighted by atomic mass is 16.7. The van der Waals surface area contributed by atoms with E-state index in [0.717, 1.165) is 5.56 Å². The fraction of sp³-hybridized carbons (Fsp3) is 0.200. The lowest BCUT2D eigenvalue weighted by Gasteiger charge is -2.10. The van der Waals surface area contributed by atoms with E-state index in [1.54, 1.807) is 18.2 Å². The minimum atomic E-state index is -0.484. The molecule has 2 aromatic rings. The van der Waals surface area contributed by atoms with Crippen molar-refractivity contribution in [3.63, 3.8) is 0 Å². The van der Waals surface area contributed by atoms with Crippen LogP contribution in [-0.2, 0) is 4.79 Å². The Kier molecular flexibility index (Phi) is 5.09. The van der Waals surface area contributed by atoms with Crippen molar-refractivity contribution >= 4 is 17.7 Å². The molecule has 1 N–H and O–H groups in total. The molecule has 1 aliphatic heterocycles. The molecule has 2 aromatic carbocycles. The number of carbonyl (C=O) groups excluding carboxylic acids is 1. The Labute approximate surface area is 151 Å². The molecular formula is C20H18N2O4. The van der Waals surface area contributed by atoms with E-state index in [2.05, 4.69) is 5.32 Å². The van der Waals surface area contributed by atoms with Crippen molar-refractivity contribution in [2.45, 2.75) is 13.8 Å². The van der Waals surface area contributed by atoms with Gasteiger partial charge in [-0.2, -0.15) is 5.26 Å². The quantitative estimate of drug-likeness (QED) is 0.657. The highest BCUT2D eigenvalue weighted by Crippen LogP contribution is 2.39. The highest BCUT2D eigenvalue weighted by molar-refractivity contribution is 6.10. The van der Waals surface area contributed by atoms with Gasteiger partial charge in [-0.05, 0) is 37.6 Å². The average Bonchev–Trinajstić information content (AvgIpc) is 3.09. The fourth-order valence-corrected chi connectivity index (χ4v) is 2.54. The molecule has 0 fully saturated rings. The molecule has 6 nitrogen and oxygen atoms in total. The second-order valence-electron chi connectivity index (χ2n) is 5.62. The van der Waals surface area contributed by atoms with Crippen molar-refractivity contribution in [3.05, 3.63) is 53.1 Å². The number of para-hydroxylation sites is 1. The van der Waals surface area contributed by atoms with Crippen LogP contribution in [0.3, 0.4) is 0 Å². The van der Waals surface area contributed by atoms with Crippen LogP contribution >= 0.6 is 0 Å². The zero-order chi connectivity index (χ0) is 18.5. The molecule has 0 spiro atoms. The Balaban J connectivity index is 1.92. The molecule has 0 saturated carbocycles. The number of nitrogens with one attached hydrogen (secondary N) is 1. The molecule has 0 radical (unpaired) electrons. The molecular weight excluding hydrogens is 332 g/mol. The number of ether oxygens (including phenoxy) is 3. The van der Waals surface area contributed by atoms with Crippen molar-refractivity contribution < 1.29 is 19.0 Å². The van der Waals surface area contributed by atoms with Crippen LogP contribution in [0, 0.1) is 18.3 Å². The third kappa shape index (κ3) is 3.62. The number of nitrogens with zero attached hydrogens (tertiary/aromatic N) is 1. The van der Waals surface area contributed by atoms with Gasteiger partial charge in [0.25, 0.3) is 5.91 Å². The lowest BCUT2D eigenvalue weighted by molar-refractivity contribution is -0.112. The van der Waals surface area contributed by atoms with Gasteiger partial charge in [0.15, 0.2) is 11.5 Å². The number of carbonyl (C=O) groups is 1. The van der Waals surface area contributed by atoms with Gasteiger partial charge in [0.05, 0.1) is 6.61 Å². The molecule has 0 aromatic heterocycles. The predicted molar refractivity (Wildman–Crippen MR) is 97.1 cm³/mol. The lowest BCUT2D eigenvalue weighted by Crippen LogP contribution is -2.14. The van der Waals surface area contributed by atoms with Crippen molar-refractivity contribution in [1.82, 2.24) is 0 Å². The first-order valence-electron chi connectivity index (χ1n) is 8.17. The molecule has 0 saturated heterocycles. The van der Waals surface area contributed by atoms with E-state index >= 15 is 0 Å². The Morgan fingerprint density at radius 2 is 2.04 bits per heavy atom. The second-order valence-corrected chi connectivity index (χ2v) is 5.62. The lowest BCUT2D eigenvalue weighted by atomic mass is 10.1. The summed E-state index contributed by atoms with van der Waals surface area (Å²) in [4.78, 5) is 12.5. The first-order valence-corrected chi connectivity index (χ1v) is 8.17. The minimum absolute atomic E-state index is 0.0342. The number of anilines is 1. The van der Waals surface area contributed by atoms with Crippen LogP contribution in [0.5, 0.6) is 17.2 Å². The van der Waals surface area contributed by atoms with E-state index in [9.17, 15) is 10.1 Å². The van der Waals surface area contributed by atoms with Crippen LogP contribution in [-0.4, -0.2) is 19.3 Å². The molecule has 1 aliphatic rings. The topological polar surface area (TPSA) is 80.6 Å². The first-order chi connectivity index (χ1) is 12.6. The Hall–Kier alpha value is -3.46. The highest BCUT2D eigenvalue weighted by Gasteiger charge is 2.19. The minimum Gasteiger partial charge on any atom is -0.493 e. The number of rotatable bonds is 5. The number of hydrogen-bond donors (Lipinski definition) is 1. The van der Waals surface area contributed by atoms with Gasteiger partial charge in [-0.1, -0.05) is 18.2 Å². The summed E-state index contributed by atoms with van der Waals surface area (Å²) in [6, 6.07) is 12.7. The van der Waals surface area contributed by atoms with Crippen LogP contribution in [0.25, 0.3) is 6.08 Å². The molecule has 132 valence electrons. The Bertz CT molecular complexity index is 913. The zero-order valence-corrected chi connectivity index (χ0v) is 14.5. The number of fused-ring (bicyclic) bond motifs is 1. The number of aryl methyl sites for hydroxylation is 1. The maximum Gasteiger partial charge on any atom is 0.266 e. The van der Waals surface area contributed by atoms with Gasteiger partial charge in [-0.15, -0.1) is 0 Å². The summed E-state index contributed by atoms with van der Waals surface area (Å²) in [5.41, 5.74) is 2.12. The summed E-state index contributed by atoms with van der Waals surface area (Å²) < 4.78 is 16.3. The molecule has 1 amide bonds. The summed E-state index contributed by atoms with van der Waals surface area (Å²) in [5, 5.41) is 12.2.